The highest BCUT2D eigenvalue weighted by Gasteiger charge is 2.25. The molecule has 1 saturated heterocycles. The number of amides is 1. The van der Waals surface area contributed by atoms with Crippen molar-refractivity contribution in [3.05, 3.63) is 35.9 Å². The van der Waals surface area contributed by atoms with Gasteiger partial charge in [-0.1, -0.05) is 50.6 Å². The Morgan fingerprint density at radius 3 is 2.30 bits per heavy atom. The Hall–Kier alpha value is -1.43. The summed E-state index contributed by atoms with van der Waals surface area (Å²) in [6.45, 7) is 11.4. The van der Waals surface area contributed by atoms with Crippen LogP contribution in [-0.4, -0.2) is 73.2 Å². The lowest BCUT2D eigenvalue weighted by Crippen LogP contribution is -2.47. The van der Waals surface area contributed by atoms with Gasteiger partial charge in [-0.05, 0) is 30.9 Å². The molecule has 0 bridgehead atoms. The second-order valence-electron chi connectivity index (χ2n) is 7.68. The third kappa shape index (κ3) is 7.24. The molecule has 2 N–H and O–H groups in total. The van der Waals surface area contributed by atoms with Crippen LogP contribution in [-0.2, 0) is 4.79 Å². The van der Waals surface area contributed by atoms with Gasteiger partial charge in [0.2, 0.25) is 5.91 Å². The Labute approximate surface area is 164 Å². The summed E-state index contributed by atoms with van der Waals surface area (Å²) in [4.78, 5) is 17.6. The van der Waals surface area contributed by atoms with E-state index in [0.717, 1.165) is 70.6 Å². The number of hydrogen-bond donors (Lipinski definition) is 2. The minimum Gasteiger partial charge on any atom is -0.395 e. The van der Waals surface area contributed by atoms with Gasteiger partial charge >= 0.3 is 0 Å². The van der Waals surface area contributed by atoms with E-state index in [0.29, 0.717) is 5.92 Å². The van der Waals surface area contributed by atoms with E-state index in [4.69, 9.17) is 5.11 Å². The van der Waals surface area contributed by atoms with E-state index in [1.165, 1.54) is 0 Å². The van der Waals surface area contributed by atoms with Gasteiger partial charge in [-0.15, -0.1) is 0 Å². The van der Waals surface area contributed by atoms with E-state index in [9.17, 15) is 4.79 Å². The molecular weight excluding hydrogens is 338 g/mol. The van der Waals surface area contributed by atoms with Crippen molar-refractivity contribution in [1.82, 2.24) is 15.1 Å². The zero-order valence-corrected chi connectivity index (χ0v) is 17.1. The van der Waals surface area contributed by atoms with Gasteiger partial charge < -0.3 is 15.3 Å². The van der Waals surface area contributed by atoms with Gasteiger partial charge in [0.25, 0.3) is 0 Å². The van der Waals surface area contributed by atoms with Gasteiger partial charge in [0.05, 0.1) is 12.5 Å². The van der Waals surface area contributed by atoms with Crippen LogP contribution in [0.3, 0.4) is 0 Å². The Bertz CT molecular complexity index is 530. The number of β-amino-alcohol motifs (C(OH)–C–C–N with tert-alkyl or cyclic N) is 1. The van der Waals surface area contributed by atoms with Crippen LogP contribution < -0.4 is 5.32 Å². The molecule has 0 unspecified atom stereocenters. The van der Waals surface area contributed by atoms with Crippen molar-refractivity contribution in [3.63, 3.8) is 0 Å². The molecule has 0 radical (unpaired) electrons. The third-order valence-corrected chi connectivity index (χ3v) is 5.74. The number of unbranched alkanes of at least 4 members (excludes halogenated alkanes) is 1. The number of hydrogen-bond acceptors (Lipinski definition) is 4. The lowest BCUT2D eigenvalue weighted by molar-refractivity contribution is -0.123. The first kappa shape index (κ1) is 21.9. The Morgan fingerprint density at radius 1 is 1.07 bits per heavy atom. The fourth-order valence-electron chi connectivity index (χ4n) is 3.79. The molecule has 1 heterocycles. The van der Waals surface area contributed by atoms with E-state index in [1.54, 1.807) is 0 Å². The number of rotatable bonds is 11. The number of aliphatic hydroxyl groups excluding tert-OH is 1. The first-order valence-corrected chi connectivity index (χ1v) is 10.5. The van der Waals surface area contributed by atoms with Crippen molar-refractivity contribution in [1.29, 1.82) is 0 Å². The van der Waals surface area contributed by atoms with Crippen LogP contribution in [0.1, 0.15) is 44.6 Å². The summed E-state index contributed by atoms with van der Waals surface area (Å²) in [5.41, 5.74) is 1.12. The van der Waals surface area contributed by atoms with Crippen molar-refractivity contribution in [2.45, 2.75) is 39.0 Å². The maximum Gasteiger partial charge on any atom is 0.227 e. The van der Waals surface area contributed by atoms with Gasteiger partial charge in [0.1, 0.15) is 0 Å². The minimum absolute atomic E-state index is 0.0594. The Kier molecular flexibility index (Phi) is 9.81. The van der Waals surface area contributed by atoms with E-state index in [-0.39, 0.29) is 18.4 Å². The van der Waals surface area contributed by atoms with Crippen molar-refractivity contribution in [2.24, 2.45) is 5.92 Å². The topological polar surface area (TPSA) is 55.8 Å². The highest BCUT2D eigenvalue weighted by molar-refractivity contribution is 5.83. The first-order chi connectivity index (χ1) is 13.2. The normalized spacial score (nSPS) is 18.2. The van der Waals surface area contributed by atoms with E-state index in [1.807, 2.05) is 18.2 Å². The van der Waals surface area contributed by atoms with Gasteiger partial charge in [0.15, 0.2) is 0 Å². The number of piperazine rings is 1. The molecule has 27 heavy (non-hydrogen) atoms. The molecule has 5 heteroatoms. The maximum absolute atomic E-state index is 12.8. The molecule has 0 saturated carbocycles. The second-order valence-corrected chi connectivity index (χ2v) is 7.68. The summed E-state index contributed by atoms with van der Waals surface area (Å²) in [7, 11) is 0. The van der Waals surface area contributed by atoms with Crippen LogP contribution >= 0.6 is 0 Å². The highest BCUT2D eigenvalue weighted by Crippen LogP contribution is 2.27. The number of nitrogens with zero attached hydrogens (tertiary/aromatic N) is 2. The van der Waals surface area contributed by atoms with E-state index in [2.05, 4.69) is 41.1 Å². The van der Waals surface area contributed by atoms with Gasteiger partial charge in [-0.3, -0.25) is 9.69 Å². The fourth-order valence-corrected chi connectivity index (χ4v) is 3.79. The maximum atomic E-state index is 12.8. The lowest BCUT2D eigenvalue weighted by Gasteiger charge is -2.34. The van der Waals surface area contributed by atoms with Crippen LogP contribution in [0.4, 0.5) is 0 Å². The number of carbonyl (C=O) groups excluding carboxylic acids is 1. The second kappa shape index (κ2) is 12.1. The monoisotopic (exact) mass is 375 g/mol. The molecule has 2 atom stereocenters. The van der Waals surface area contributed by atoms with Crippen LogP contribution in [0.5, 0.6) is 0 Å². The van der Waals surface area contributed by atoms with Crippen LogP contribution in [0, 0.1) is 5.92 Å². The zero-order valence-electron chi connectivity index (χ0n) is 17.1. The van der Waals surface area contributed by atoms with E-state index < -0.39 is 0 Å². The molecule has 152 valence electrons. The number of nitrogens with one attached hydrogen (secondary N) is 1. The van der Waals surface area contributed by atoms with Crippen LogP contribution in [0.2, 0.25) is 0 Å². The predicted molar refractivity (Wildman–Crippen MR) is 111 cm³/mol. The molecule has 1 fully saturated rings. The molecule has 1 amide bonds. The quantitative estimate of drug-likeness (QED) is 0.583. The predicted octanol–water partition coefficient (Wildman–Crippen LogP) is 2.32. The standard InChI is InChI=1S/C22H37N3O2/c1-3-19(2)21(20-9-5-4-6-10-20)22(27)23-11-7-8-12-24-13-15-25(16-14-24)17-18-26/h4-6,9-10,19,21,26H,3,7-8,11-18H2,1-2H3,(H,23,27)/t19-,21+/m1/s1. The molecule has 0 aromatic heterocycles. The molecule has 5 nitrogen and oxygen atoms in total. The van der Waals surface area contributed by atoms with Gasteiger partial charge in [-0.25, -0.2) is 0 Å². The van der Waals surface area contributed by atoms with Crippen molar-refractivity contribution < 1.29 is 9.90 Å². The molecule has 2 rings (SSSR count). The van der Waals surface area contributed by atoms with Gasteiger partial charge in [-0.2, -0.15) is 0 Å². The number of aliphatic hydroxyl groups is 1. The number of benzene rings is 1. The fraction of sp³-hybridized carbons (Fsp3) is 0.682. The smallest absolute Gasteiger partial charge is 0.227 e. The summed E-state index contributed by atoms with van der Waals surface area (Å²) in [6.07, 6.45) is 3.12. The van der Waals surface area contributed by atoms with Crippen molar-refractivity contribution >= 4 is 5.91 Å². The van der Waals surface area contributed by atoms with Crippen LogP contribution in [0.15, 0.2) is 30.3 Å². The summed E-state index contributed by atoms with van der Waals surface area (Å²) in [5, 5.41) is 12.2. The molecule has 1 aromatic carbocycles. The van der Waals surface area contributed by atoms with Crippen molar-refractivity contribution in [2.75, 3.05) is 52.4 Å². The van der Waals surface area contributed by atoms with Gasteiger partial charge in [0, 0.05) is 39.3 Å². The molecule has 0 aliphatic carbocycles. The molecule has 1 aliphatic heterocycles. The molecular formula is C22H37N3O2. The SMILES string of the molecule is CC[C@@H](C)[C@H](C(=O)NCCCCN1CCN(CCO)CC1)c1ccccc1. The minimum atomic E-state index is -0.0594. The Morgan fingerprint density at radius 2 is 1.70 bits per heavy atom. The molecule has 0 spiro atoms. The van der Waals surface area contributed by atoms with E-state index >= 15 is 0 Å². The highest BCUT2D eigenvalue weighted by atomic mass is 16.3. The summed E-state index contributed by atoms with van der Waals surface area (Å²) in [5.74, 6) is 0.437. The summed E-state index contributed by atoms with van der Waals surface area (Å²) < 4.78 is 0. The largest absolute Gasteiger partial charge is 0.395 e. The lowest BCUT2D eigenvalue weighted by atomic mass is 9.85. The van der Waals surface area contributed by atoms with Crippen LogP contribution in [0.25, 0.3) is 0 Å². The zero-order chi connectivity index (χ0) is 19.5. The molecule has 1 aliphatic rings. The average Bonchev–Trinajstić information content (AvgIpc) is 2.70. The third-order valence-electron chi connectivity index (χ3n) is 5.74. The first-order valence-electron chi connectivity index (χ1n) is 10.5. The summed E-state index contributed by atoms with van der Waals surface area (Å²) >= 11 is 0. The molecule has 1 aromatic rings. The number of carbonyl (C=O) groups is 1. The summed E-state index contributed by atoms with van der Waals surface area (Å²) in [6, 6.07) is 10.1. The Balaban J connectivity index is 1.67. The van der Waals surface area contributed by atoms with Crippen molar-refractivity contribution in [3.8, 4) is 0 Å². The average molecular weight is 376 g/mol.